The topological polar surface area (TPSA) is 81.8 Å². The Morgan fingerprint density at radius 2 is 2.24 bits per heavy atom. The van der Waals surface area contributed by atoms with Crippen LogP contribution < -0.4 is 10.5 Å². The van der Waals surface area contributed by atoms with Gasteiger partial charge in [-0.25, -0.2) is 4.79 Å². The number of aromatic carboxylic acids is 1. The molecule has 0 fully saturated rings. The van der Waals surface area contributed by atoms with E-state index in [-0.39, 0.29) is 11.7 Å². The lowest BCUT2D eigenvalue weighted by molar-refractivity contribution is 0.0659. The molecule has 0 aliphatic heterocycles. The van der Waals surface area contributed by atoms with Crippen molar-refractivity contribution in [2.24, 2.45) is 0 Å². The van der Waals surface area contributed by atoms with Gasteiger partial charge in [-0.1, -0.05) is 0 Å². The summed E-state index contributed by atoms with van der Waals surface area (Å²) in [5.41, 5.74) is 6.17. The maximum Gasteiger partial charge on any atom is 0.335 e. The van der Waals surface area contributed by atoms with E-state index in [0.29, 0.717) is 24.7 Å². The highest BCUT2D eigenvalue weighted by Gasteiger charge is 2.10. The molecule has 0 saturated heterocycles. The van der Waals surface area contributed by atoms with Gasteiger partial charge in [0.05, 0.1) is 17.9 Å². The molecule has 0 aliphatic rings. The van der Waals surface area contributed by atoms with Gasteiger partial charge in [-0.15, -0.1) is 0 Å². The minimum Gasteiger partial charge on any atom is -0.486 e. The monoisotopic (exact) mass is 239 g/mol. The van der Waals surface area contributed by atoms with Gasteiger partial charge in [0.1, 0.15) is 11.9 Å². The smallest absolute Gasteiger partial charge is 0.335 e. The number of ether oxygens (including phenoxy) is 2. The molecule has 0 aromatic heterocycles. The molecule has 1 aromatic rings. The summed E-state index contributed by atoms with van der Waals surface area (Å²) in [5, 5.41) is 8.78. The van der Waals surface area contributed by atoms with Crippen LogP contribution in [0.3, 0.4) is 0 Å². The van der Waals surface area contributed by atoms with Gasteiger partial charge >= 0.3 is 5.97 Å². The number of hydrogen-bond donors (Lipinski definition) is 2. The zero-order valence-corrected chi connectivity index (χ0v) is 9.97. The third kappa shape index (κ3) is 3.96. The van der Waals surface area contributed by atoms with Gasteiger partial charge in [-0.2, -0.15) is 0 Å². The average Bonchev–Trinajstić information content (AvgIpc) is 2.28. The predicted molar refractivity (Wildman–Crippen MR) is 64.4 cm³/mol. The maximum atomic E-state index is 10.7. The molecule has 0 aliphatic carbocycles. The van der Waals surface area contributed by atoms with E-state index >= 15 is 0 Å². The second-order valence-electron chi connectivity index (χ2n) is 3.65. The second kappa shape index (κ2) is 6.10. The molecule has 0 heterocycles. The molecule has 0 bridgehead atoms. The number of hydrogen-bond acceptors (Lipinski definition) is 4. The largest absolute Gasteiger partial charge is 0.486 e. The predicted octanol–water partition coefficient (Wildman–Crippen LogP) is 1.77. The Balaban J connectivity index is 2.69. The summed E-state index contributed by atoms with van der Waals surface area (Å²) in [5.74, 6) is -0.534. The Bertz CT molecular complexity index is 392. The van der Waals surface area contributed by atoms with Gasteiger partial charge in [-0.05, 0) is 32.0 Å². The lowest BCUT2D eigenvalue weighted by atomic mass is 10.2. The zero-order chi connectivity index (χ0) is 12.8. The maximum absolute atomic E-state index is 10.7. The molecule has 0 spiro atoms. The number of benzene rings is 1. The van der Waals surface area contributed by atoms with E-state index in [1.807, 2.05) is 13.8 Å². The van der Waals surface area contributed by atoms with E-state index < -0.39 is 5.97 Å². The van der Waals surface area contributed by atoms with Crippen molar-refractivity contribution >= 4 is 11.7 Å². The van der Waals surface area contributed by atoms with Crippen molar-refractivity contribution in [3.8, 4) is 5.75 Å². The first-order valence-corrected chi connectivity index (χ1v) is 5.41. The van der Waals surface area contributed by atoms with E-state index in [4.69, 9.17) is 20.3 Å². The standard InChI is InChI=1S/C12H17NO4/c1-3-16-7-8(2)17-11-5-4-9(12(14)15)6-10(11)13/h4-6,8H,3,7,13H2,1-2H3,(H,14,15). The van der Waals surface area contributed by atoms with Crippen molar-refractivity contribution < 1.29 is 19.4 Å². The van der Waals surface area contributed by atoms with Crippen LogP contribution >= 0.6 is 0 Å². The Morgan fingerprint density at radius 1 is 1.53 bits per heavy atom. The number of carboxylic acid groups (broad SMARTS) is 1. The molecule has 0 saturated carbocycles. The van der Waals surface area contributed by atoms with E-state index in [1.165, 1.54) is 12.1 Å². The van der Waals surface area contributed by atoms with Crippen molar-refractivity contribution in [1.29, 1.82) is 0 Å². The number of carbonyl (C=O) groups is 1. The summed E-state index contributed by atoms with van der Waals surface area (Å²) in [4.78, 5) is 10.7. The molecule has 0 radical (unpaired) electrons. The number of anilines is 1. The molecule has 0 amide bonds. The molecular weight excluding hydrogens is 222 g/mol. The molecule has 5 heteroatoms. The third-order valence-corrected chi connectivity index (χ3v) is 2.14. The van der Waals surface area contributed by atoms with Crippen molar-refractivity contribution in [2.45, 2.75) is 20.0 Å². The van der Waals surface area contributed by atoms with Crippen LogP contribution in [-0.2, 0) is 4.74 Å². The van der Waals surface area contributed by atoms with Crippen molar-refractivity contribution in [3.05, 3.63) is 23.8 Å². The van der Waals surface area contributed by atoms with Crippen LogP contribution in [0.2, 0.25) is 0 Å². The van der Waals surface area contributed by atoms with Crippen molar-refractivity contribution in [3.63, 3.8) is 0 Å². The van der Waals surface area contributed by atoms with Crippen LogP contribution in [-0.4, -0.2) is 30.4 Å². The van der Waals surface area contributed by atoms with Crippen LogP contribution in [0, 0.1) is 0 Å². The van der Waals surface area contributed by atoms with Crippen LogP contribution in [0.15, 0.2) is 18.2 Å². The number of carboxylic acids is 1. The molecule has 1 rings (SSSR count). The first kappa shape index (κ1) is 13.3. The molecular formula is C12H17NO4. The summed E-state index contributed by atoms with van der Waals surface area (Å²) in [7, 11) is 0. The Labute approximate surface area is 100 Å². The Morgan fingerprint density at radius 3 is 2.76 bits per heavy atom. The lowest BCUT2D eigenvalue weighted by Gasteiger charge is -2.16. The van der Waals surface area contributed by atoms with Crippen molar-refractivity contribution in [1.82, 2.24) is 0 Å². The van der Waals surface area contributed by atoms with E-state index in [2.05, 4.69) is 0 Å². The van der Waals surface area contributed by atoms with Gasteiger partial charge < -0.3 is 20.3 Å². The normalized spacial score (nSPS) is 12.1. The molecule has 5 nitrogen and oxygen atoms in total. The molecule has 94 valence electrons. The summed E-state index contributed by atoms with van der Waals surface area (Å²) in [6.45, 7) is 4.86. The highest BCUT2D eigenvalue weighted by atomic mass is 16.5. The summed E-state index contributed by atoms with van der Waals surface area (Å²) in [6, 6.07) is 4.40. The van der Waals surface area contributed by atoms with Crippen LogP contribution in [0.1, 0.15) is 24.2 Å². The van der Waals surface area contributed by atoms with Crippen molar-refractivity contribution in [2.75, 3.05) is 18.9 Å². The molecule has 1 atom stereocenters. The van der Waals surface area contributed by atoms with Crippen LogP contribution in [0.25, 0.3) is 0 Å². The Kier molecular flexibility index (Phi) is 4.78. The molecule has 3 N–H and O–H groups in total. The van der Waals surface area contributed by atoms with Gasteiger partial charge in [-0.3, -0.25) is 0 Å². The molecule has 1 unspecified atom stereocenters. The van der Waals surface area contributed by atoms with Gasteiger partial charge in [0, 0.05) is 6.61 Å². The summed E-state index contributed by atoms with van der Waals surface area (Å²) < 4.78 is 10.7. The lowest BCUT2D eigenvalue weighted by Crippen LogP contribution is -2.19. The molecule has 17 heavy (non-hydrogen) atoms. The van der Waals surface area contributed by atoms with Crippen LogP contribution in [0.5, 0.6) is 5.75 Å². The highest BCUT2D eigenvalue weighted by Crippen LogP contribution is 2.23. The quantitative estimate of drug-likeness (QED) is 0.739. The summed E-state index contributed by atoms with van der Waals surface area (Å²) >= 11 is 0. The summed E-state index contributed by atoms with van der Waals surface area (Å²) in [6.07, 6.45) is -0.132. The Hall–Kier alpha value is -1.75. The van der Waals surface area contributed by atoms with E-state index in [1.54, 1.807) is 6.07 Å². The van der Waals surface area contributed by atoms with Gasteiger partial charge in [0.2, 0.25) is 0 Å². The third-order valence-electron chi connectivity index (χ3n) is 2.14. The second-order valence-corrected chi connectivity index (χ2v) is 3.65. The minimum atomic E-state index is -1.01. The minimum absolute atomic E-state index is 0.132. The number of nitrogen functional groups attached to an aromatic ring is 1. The average molecular weight is 239 g/mol. The van der Waals surface area contributed by atoms with E-state index in [0.717, 1.165) is 0 Å². The zero-order valence-electron chi connectivity index (χ0n) is 9.97. The van der Waals surface area contributed by atoms with Gasteiger partial charge in [0.25, 0.3) is 0 Å². The fourth-order valence-electron chi connectivity index (χ4n) is 1.32. The number of nitrogens with two attached hydrogens (primary N) is 1. The highest BCUT2D eigenvalue weighted by molar-refractivity contribution is 5.89. The van der Waals surface area contributed by atoms with Gasteiger partial charge in [0.15, 0.2) is 0 Å². The SMILES string of the molecule is CCOCC(C)Oc1ccc(C(=O)O)cc1N. The fraction of sp³-hybridized carbons (Fsp3) is 0.417. The van der Waals surface area contributed by atoms with Crippen LogP contribution in [0.4, 0.5) is 5.69 Å². The first-order chi connectivity index (χ1) is 8.04. The molecule has 1 aromatic carbocycles. The fourth-order valence-corrected chi connectivity index (χ4v) is 1.32. The first-order valence-electron chi connectivity index (χ1n) is 5.41. The van der Waals surface area contributed by atoms with E-state index in [9.17, 15) is 4.79 Å². The number of rotatable bonds is 6.